The quantitative estimate of drug-likeness (QED) is 0.745. The van der Waals surface area contributed by atoms with Crippen molar-refractivity contribution in [1.29, 1.82) is 0 Å². The molecule has 1 atom stereocenters. The Morgan fingerprint density at radius 1 is 1.16 bits per heavy atom. The van der Waals surface area contributed by atoms with Crippen molar-refractivity contribution in [3.05, 3.63) is 0 Å². The molecule has 3 N–H and O–H groups in total. The zero-order valence-corrected chi connectivity index (χ0v) is 12.4. The van der Waals surface area contributed by atoms with Gasteiger partial charge < -0.3 is 15.7 Å². The fraction of sp³-hybridized carbons (Fsp3) is 0.846. The topological polar surface area (TPSA) is 86.9 Å². The predicted molar refractivity (Wildman–Crippen MR) is 72.7 cm³/mol. The van der Waals surface area contributed by atoms with Crippen LogP contribution in [0.2, 0.25) is 0 Å². The third-order valence-corrected chi connectivity index (χ3v) is 3.43. The van der Waals surface area contributed by atoms with Crippen LogP contribution in [0.25, 0.3) is 0 Å². The third-order valence-electron chi connectivity index (χ3n) is 3.43. The Kier molecular flexibility index (Phi) is 4.27. The first-order valence-corrected chi connectivity index (χ1v) is 6.52. The zero-order valence-electron chi connectivity index (χ0n) is 12.4. The number of amides is 1. The van der Waals surface area contributed by atoms with E-state index in [4.69, 9.17) is 5.73 Å². The zero-order chi connectivity index (χ0) is 15.0. The highest BCUT2D eigenvalue weighted by molar-refractivity contribution is 5.89. The van der Waals surface area contributed by atoms with Gasteiger partial charge in [-0.25, -0.2) is 4.79 Å². The molecule has 1 saturated heterocycles. The number of nitrogens with two attached hydrogens (primary N) is 1. The minimum Gasteiger partial charge on any atom is -0.480 e. The summed E-state index contributed by atoms with van der Waals surface area (Å²) in [6.07, 6.45) is 0. The summed E-state index contributed by atoms with van der Waals surface area (Å²) in [5.74, 6) is -1.29. The van der Waals surface area contributed by atoms with Crippen LogP contribution in [0.1, 0.15) is 34.6 Å². The van der Waals surface area contributed by atoms with Crippen molar-refractivity contribution in [3.8, 4) is 0 Å². The SMILES string of the molecule is CC(C)(N)C(=O)N1CCN(C(C)(C)C)C[C@H]1C(=O)O. The highest BCUT2D eigenvalue weighted by atomic mass is 16.4. The summed E-state index contributed by atoms with van der Waals surface area (Å²) in [7, 11) is 0. The van der Waals surface area contributed by atoms with Gasteiger partial charge in [0, 0.05) is 25.2 Å². The van der Waals surface area contributed by atoms with Gasteiger partial charge in [-0.15, -0.1) is 0 Å². The van der Waals surface area contributed by atoms with Crippen molar-refractivity contribution in [2.45, 2.75) is 51.7 Å². The number of carboxylic acids is 1. The monoisotopic (exact) mass is 271 g/mol. The Balaban J connectivity index is 2.92. The molecule has 0 aromatic carbocycles. The summed E-state index contributed by atoms with van der Waals surface area (Å²) in [5, 5.41) is 9.35. The van der Waals surface area contributed by atoms with E-state index in [0.717, 1.165) is 0 Å². The van der Waals surface area contributed by atoms with Crippen LogP contribution in [0.15, 0.2) is 0 Å². The summed E-state index contributed by atoms with van der Waals surface area (Å²) in [5.41, 5.74) is 4.64. The van der Waals surface area contributed by atoms with Crippen molar-refractivity contribution in [2.24, 2.45) is 5.73 Å². The second kappa shape index (κ2) is 5.09. The van der Waals surface area contributed by atoms with Gasteiger partial charge in [0.2, 0.25) is 5.91 Å². The molecule has 19 heavy (non-hydrogen) atoms. The van der Waals surface area contributed by atoms with Gasteiger partial charge in [-0.05, 0) is 34.6 Å². The first-order chi connectivity index (χ1) is 8.44. The van der Waals surface area contributed by atoms with E-state index in [-0.39, 0.29) is 11.4 Å². The molecule has 0 aromatic rings. The average Bonchev–Trinajstić information content (AvgIpc) is 2.24. The molecule has 0 saturated carbocycles. The smallest absolute Gasteiger partial charge is 0.327 e. The van der Waals surface area contributed by atoms with E-state index in [2.05, 4.69) is 4.90 Å². The number of carbonyl (C=O) groups excluding carboxylic acids is 1. The number of nitrogens with zero attached hydrogens (tertiary/aromatic N) is 2. The molecule has 0 aliphatic carbocycles. The lowest BCUT2D eigenvalue weighted by atomic mass is 9.99. The molecular formula is C13H25N3O3. The van der Waals surface area contributed by atoms with Gasteiger partial charge in [0.1, 0.15) is 6.04 Å². The lowest BCUT2D eigenvalue weighted by Gasteiger charge is -2.46. The van der Waals surface area contributed by atoms with E-state index in [1.165, 1.54) is 4.90 Å². The third kappa shape index (κ3) is 3.67. The van der Waals surface area contributed by atoms with Crippen molar-refractivity contribution < 1.29 is 14.7 Å². The molecule has 1 aliphatic rings. The van der Waals surface area contributed by atoms with Crippen molar-refractivity contribution in [2.75, 3.05) is 19.6 Å². The first-order valence-electron chi connectivity index (χ1n) is 6.52. The van der Waals surface area contributed by atoms with Crippen LogP contribution < -0.4 is 5.73 Å². The highest BCUT2D eigenvalue weighted by Gasteiger charge is 2.41. The van der Waals surface area contributed by atoms with Gasteiger partial charge in [0.25, 0.3) is 0 Å². The molecule has 0 radical (unpaired) electrons. The summed E-state index contributed by atoms with van der Waals surface area (Å²) in [4.78, 5) is 27.1. The van der Waals surface area contributed by atoms with E-state index in [1.54, 1.807) is 13.8 Å². The maximum absolute atomic E-state index is 12.2. The number of aliphatic carboxylic acids is 1. The predicted octanol–water partition coefficient (Wildman–Crippen LogP) is 0.120. The summed E-state index contributed by atoms with van der Waals surface area (Å²) >= 11 is 0. The molecule has 1 amide bonds. The molecule has 6 heteroatoms. The van der Waals surface area contributed by atoms with E-state index < -0.39 is 17.6 Å². The van der Waals surface area contributed by atoms with E-state index >= 15 is 0 Å². The van der Waals surface area contributed by atoms with Gasteiger partial charge in [0.05, 0.1) is 5.54 Å². The normalized spacial score (nSPS) is 22.4. The van der Waals surface area contributed by atoms with Crippen molar-refractivity contribution in [3.63, 3.8) is 0 Å². The van der Waals surface area contributed by atoms with Gasteiger partial charge in [-0.3, -0.25) is 9.69 Å². The van der Waals surface area contributed by atoms with Crippen LogP contribution in [0.5, 0.6) is 0 Å². The standard InChI is InChI=1S/C13H25N3O3/c1-12(2,3)15-6-7-16(9(8-15)10(17)18)11(19)13(4,5)14/h9H,6-8,14H2,1-5H3,(H,17,18)/t9-/m0/s1. The number of piperazine rings is 1. The van der Waals surface area contributed by atoms with Crippen LogP contribution in [0, 0.1) is 0 Å². The molecule has 6 nitrogen and oxygen atoms in total. The van der Waals surface area contributed by atoms with Gasteiger partial charge in [-0.1, -0.05) is 0 Å². The number of carbonyl (C=O) groups is 2. The van der Waals surface area contributed by atoms with Crippen molar-refractivity contribution >= 4 is 11.9 Å². The lowest BCUT2D eigenvalue weighted by Crippen LogP contribution is -2.65. The van der Waals surface area contributed by atoms with Gasteiger partial charge in [-0.2, -0.15) is 0 Å². The highest BCUT2D eigenvalue weighted by Crippen LogP contribution is 2.21. The maximum Gasteiger partial charge on any atom is 0.327 e. The second-order valence-corrected chi connectivity index (χ2v) is 6.69. The lowest BCUT2D eigenvalue weighted by molar-refractivity contribution is -0.157. The second-order valence-electron chi connectivity index (χ2n) is 6.69. The van der Waals surface area contributed by atoms with Gasteiger partial charge in [0.15, 0.2) is 0 Å². The molecule has 0 unspecified atom stereocenters. The molecule has 110 valence electrons. The molecular weight excluding hydrogens is 246 g/mol. The Morgan fingerprint density at radius 3 is 2.05 bits per heavy atom. The minimum atomic E-state index is -1.04. The number of carboxylic acid groups (broad SMARTS) is 1. The molecule has 1 rings (SSSR count). The average molecular weight is 271 g/mol. The number of hydrogen-bond donors (Lipinski definition) is 2. The Hall–Kier alpha value is -1.14. The Labute approximate surface area is 114 Å². The molecule has 0 aromatic heterocycles. The molecule has 1 heterocycles. The summed E-state index contributed by atoms with van der Waals surface area (Å²) < 4.78 is 0. The molecule has 1 fully saturated rings. The van der Waals surface area contributed by atoms with E-state index in [9.17, 15) is 14.7 Å². The number of rotatable bonds is 2. The largest absolute Gasteiger partial charge is 0.480 e. The van der Waals surface area contributed by atoms with E-state index in [1.807, 2.05) is 20.8 Å². The fourth-order valence-electron chi connectivity index (χ4n) is 2.22. The van der Waals surface area contributed by atoms with E-state index in [0.29, 0.717) is 19.6 Å². The van der Waals surface area contributed by atoms with Gasteiger partial charge >= 0.3 is 5.97 Å². The first kappa shape index (κ1) is 15.9. The van der Waals surface area contributed by atoms with Crippen LogP contribution in [0.4, 0.5) is 0 Å². The van der Waals surface area contributed by atoms with Crippen molar-refractivity contribution in [1.82, 2.24) is 9.80 Å². The molecule has 0 spiro atoms. The van der Waals surface area contributed by atoms with Crippen LogP contribution in [-0.2, 0) is 9.59 Å². The number of hydrogen-bond acceptors (Lipinski definition) is 4. The van der Waals surface area contributed by atoms with Crippen LogP contribution in [-0.4, -0.2) is 63.5 Å². The Bertz CT molecular complexity index is 368. The van der Waals surface area contributed by atoms with Crippen LogP contribution >= 0.6 is 0 Å². The fourth-order valence-corrected chi connectivity index (χ4v) is 2.22. The molecule has 0 bridgehead atoms. The minimum absolute atomic E-state index is 0.110. The Morgan fingerprint density at radius 2 is 1.68 bits per heavy atom. The molecule has 1 aliphatic heterocycles. The summed E-state index contributed by atoms with van der Waals surface area (Å²) in [6, 6.07) is -0.830. The summed E-state index contributed by atoms with van der Waals surface area (Å²) in [6.45, 7) is 10.7. The maximum atomic E-state index is 12.2. The van der Waals surface area contributed by atoms with Crippen LogP contribution in [0.3, 0.4) is 0 Å².